The predicted octanol–water partition coefficient (Wildman–Crippen LogP) is 3.19. The van der Waals surface area contributed by atoms with Crippen molar-refractivity contribution in [1.29, 1.82) is 0 Å². The summed E-state index contributed by atoms with van der Waals surface area (Å²) in [5.41, 5.74) is 9.06. The van der Waals surface area contributed by atoms with Crippen molar-refractivity contribution < 1.29 is 9.59 Å². The van der Waals surface area contributed by atoms with Gasteiger partial charge in [-0.25, -0.2) is 9.97 Å². The molecule has 7 nitrogen and oxygen atoms in total. The molecule has 0 bridgehead atoms. The number of carbonyl (C=O) groups excluding carboxylic acids is 2. The van der Waals surface area contributed by atoms with Gasteiger partial charge in [-0.1, -0.05) is 6.07 Å². The van der Waals surface area contributed by atoms with Gasteiger partial charge in [0.05, 0.1) is 0 Å². The molecule has 136 valence electrons. The quantitative estimate of drug-likeness (QED) is 0.646. The number of aromatic nitrogens is 2. The highest BCUT2D eigenvalue weighted by Gasteiger charge is 2.09. The number of anilines is 3. The molecule has 0 saturated heterocycles. The van der Waals surface area contributed by atoms with Crippen LogP contribution in [-0.4, -0.2) is 21.8 Å². The maximum absolute atomic E-state index is 12.5. The van der Waals surface area contributed by atoms with Gasteiger partial charge in [0.15, 0.2) is 0 Å². The molecular weight excluding hydrogens is 342 g/mol. The van der Waals surface area contributed by atoms with Gasteiger partial charge in [-0.05, 0) is 62.4 Å². The summed E-state index contributed by atoms with van der Waals surface area (Å²) in [6, 6.07) is 15.3. The van der Waals surface area contributed by atoms with E-state index < -0.39 is 5.91 Å². The Morgan fingerprint density at radius 3 is 2.15 bits per heavy atom. The van der Waals surface area contributed by atoms with Gasteiger partial charge in [-0.15, -0.1) is 0 Å². The normalized spacial score (nSPS) is 10.3. The highest BCUT2D eigenvalue weighted by Crippen LogP contribution is 2.17. The maximum atomic E-state index is 12.5. The van der Waals surface area contributed by atoms with Gasteiger partial charge in [0.1, 0.15) is 0 Å². The smallest absolute Gasteiger partial charge is 0.255 e. The lowest BCUT2D eigenvalue weighted by Crippen LogP contribution is -2.13. The summed E-state index contributed by atoms with van der Waals surface area (Å²) in [5, 5.41) is 5.89. The second-order valence-electron chi connectivity index (χ2n) is 6.08. The summed E-state index contributed by atoms with van der Waals surface area (Å²) >= 11 is 0. The zero-order chi connectivity index (χ0) is 19.4. The number of nitrogens with zero attached hydrogens (tertiary/aromatic N) is 2. The molecule has 0 radical (unpaired) electrons. The monoisotopic (exact) mass is 361 g/mol. The van der Waals surface area contributed by atoms with Gasteiger partial charge in [0.25, 0.3) is 5.91 Å². The number of nitrogens with one attached hydrogen (secondary N) is 2. The lowest BCUT2D eigenvalue weighted by atomic mass is 10.1. The molecular formula is C20H19N5O2. The van der Waals surface area contributed by atoms with Crippen LogP contribution in [0.25, 0.3) is 0 Å². The molecule has 0 aliphatic rings. The summed E-state index contributed by atoms with van der Waals surface area (Å²) in [5.74, 6) is -0.306. The molecule has 7 heteroatoms. The van der Waals surface area contributed by atoms with Gasteiger partial charge in [0, 0.05) is 33.9 Å². The second-order valence-corrected chi connectivity index (χ2v) is 6.08. The summed E-state index contributed by atoms with van der Waals surface area (Å²) in [4.78, 5) is 32.3. The highest BCUT2D eigenvalue weighted by molar-refractivity contribution is 6.05. The highest BCUT2D eigenvalue weighted by atomic mass is 16.2. The van der Waals surface area contributed by atoms with Crippen LogP contribution in [0.3, 0.4) is 0 Å². The minimum Gasteiger partial charge on any atom is -0.366 e. The lowest BCUT2D eigenvalue weighted by Gasteiger charge is -2.09. The largest absolute Gasteiger partial charge is 0.366 e. The Bertz CT molecular complexity index is 979. The second kappa shape index (κ2) is 7.65. The zero-order valence-electron chi connectivity index (χ0n) is 15.0. The number of carbonyl (C=O) groups is 2. The van der Waals surface area contributed by atoms with E-state index in [4.69, 9.17) is 5.73 Å². The van der Waals surface area contributed by atoms with Crippen molar-refractivity contribution in [1.82, 2.24) is 9.97 Å². The molecule has 0 saturated carbocycles. The first-order valence-electron chi connectivity index (χ1n) is 8.31. The van der Waals surface area contributed by atoms with E-state index in [0.717, 1.165) is 11.4 Å². The fraction of sp³-hybridized carbons (Fsp3) is 0.100. The van der Waals surface area contributed by atoms with Gasteiger partial charge in [-0.3, -0.25) is 9.59 Å². The third kappa shape index (κ3) is 4.66. The molecule has 4 N–H and O–H groups in total. The van der Waals surface area contributed by atoms with Gasteiger partial charge >= 0.3 is 0 Å². The summed E-state index contributed by atoms with van der Waals surface area (Å²) < 4.78 is 0. The molecule has 2 aromatic carbocycles. The molecule has 0 unspecified atom stereocenters. The van der Waals surface area contributed by atoms with E-state index in [1.165, 1.54) is 0 Å². The van der Waals surface area contributed by atoms with Crippen LogP contribution >= 0.6 is 0 Å². The Kier molecular flexibility index (Phi) is 5.12. The summed E-state index contributed by atoms with van der Waals surface area (Å²) in [6.45, 7) is 3.79. The number of aryl methyl sites for hydroxylation is 2. The SMILES string of the molecule is Cc1cc(C)nc(Nc2cccc(C(=O)Nc3ccc(C(N)=O)cc3)c2)n1. The fourth-order valence-corrected chi connectivity index (χ4v) is 2.57. The molecule has 0 aliphatic heterocycles. The fourth-order valence-electron chi connectivity index (χ4n) is 2.57. The van der Waals surface area contributed by atoms with Crippen LogP contribution in [0.4, 0.5) is 17.3 Å². The number of hydrogen-bond donors (Lipinski definition) is 3. The van der Waals surface area contributed by atoms with Gasteiger partial charge in [-0.2, -0.15) is 0 Å². The van der Waals surface area contributed by atoms with Crippen LogP contribution in [0.5, 0.6) is 0 Å². The van der Waals surface area contributed by atoms with E-state index in [2.05, 4.69) is 20.6 Å². The first-order chi connectivity index (χ1) is 12.9. The van der Waals surface area contributed by atoms with E-state index >= 15 is 0 Å². The molecule has 1 heterocycles. The molecule has 2 amide bonds. The van der Waals surface area contributed by atoms with E-state index in [-0.39, 0.29) is 5.91 Å². The number of hydrogen-bond acceptors (Lipinski definition) is 5. The van der Waals surface area contributed by atoms with Crippen LogP contribution in [0, 0.1) is 13.8 Å². The molecule has 0 atom stereocenters. The van der Waals surface area contributed by atoms with Crippen molar-refractivity contribution in [2.24, 2.45) is 5.73 Å². The minimum absolute atomic E-state index is 0.271. The third-order valence-electron chi connectivity index (χ3n) is 3.79. The van der Waals surface area contributed by atoms with E-state index in [1.54, 1.807) is 42.5 Å². The first kappa shape index (κ1) is 18.1. The van der Waals surface area contributed by atoms with Crippen molar-refractivity contribution in [3.8, 4) is 0 Å². The number of primary amides is 1. The lowest BCUT2D eigenvalue weighted by molar-refractivity contribution is 0.0998. The van der Waals surface area contributed by atoms with Crippen molar-refractivity contribution in [3.05, 3.63) is 77.1 Å². The number of amides is 2. The standard InChI is InChI=1S/C20H19N5O2/c1-12-10-13(2)23-20(22-12)25-17-5-3-4-15(11-17)19(27)24-16-8-6-14(7-9-16)18(21)26/h3-11H,1-2H3,(H2,21,26)(H,24,27)(H,22,23,25). The van der Waals surface area contributed by atoms with Crippen molar-refractivity contribution >= 4 is 29.1 Å². The molecule has 27 heavy (non-hydrogen) atoms. The average molecular weight is 361 g/mol. The Morgan fingerprint density at radius 1 is 0.852 bits per heavy atom. The number of nitrogens with two attached hydrogens (primary N) is 1. The van der Waals surface area contributed by atoms with Crippen LogP contribution < -0.4 is 16.4 Å². The van der Waals surface area contributed by atoms with E-state index in [1.807, 2.05) is 26.0 Å². The first-order valence-corrected chi connectivity index (χ1v) is 8.31. The molecule has 0 spiro atoms. The van der Waals surface area contributed by atoms with E-state index in [0.29, 0.717) is 28.5 Å². The molecule has 1 aromatic heterocycles. The Balaban J connectivity index is 1.74. The molecule has 3 rings (SSSR count). The molecule has 3 aromatic rings. The average Bonchev–Trinajstić information content (AvgIpc) is 2.61. The van der Waals surface area contributed by atoms with Gasteiger partial charge in [0.2, 0.25) is 11.9 Å². The number of rotatable bonds is 5. The molecule has 0 fully saturated rings. The minimum atomic E-state index is -0.514. The predicted molar refractivity (Wildman–Crippen MR) is 104 cm³/mol. The van der Waals surface area contributed by atoms with Crippen molar-refractivity contribution in [2.45, 2.75) is 13.8 Å². The van der Waals surface area contributed by atoms with Crippen LogP contribution in [0.15, 0.2) is 54.6 Å². The Labute approximate surface area is 156 Å². The summed E-state index contributed by atoms with van der Waals surface area (Å²) in [6.07, 6.45) is 0. The van der Waals surface area contributed by atoms with Gasteiger partial charge < -0.3 is 16.4 Å². The number of benzene rings is 2. The Morgan fingerprint density at radius 2 is 1.52 bits per heavy atom. The van der Waals surface area contributed by atoms with Crippen LogP contribution in [0.1, 0.15) is 32.1 Å². The third-order valence-corrected chi connectivity index (χ3v) is 3.79. The topological polar surface area (TPSA) is 110 Å². The van der Waals surface area contributed by atoms with E-state index in [9.17, 15) is 9.59 Å². The molecule has 0 aliphatic carbocycles. The van der Waals surface area contributed by atoms with Crippen molar-refractivity contribution in [3.63, 3.8) is 0 Å². The van der Waals surface area contributed by atoms with Crippen molar-refractivity contribution in [2.75, 3.05) is 10.6 Å². The zero-order valence-corrected chi connectivity index (χ0v) is 15.0. The van der Waals surface area contributed by atoms with Crippen LogP contribution in [0.2, 0.25) is 0 Å². The summed E-state index contributed by atoms with van der Waals surface area (Å²) in [7, 11) is 0. The van der Waals surface area contributed by atoms with Crippen LogP contribution in [-0.2, 0) is 0 Å². The maximum Gasteiger partial charge on any atom is 0.255 e. The Hall–Kier alpha value is -3.74.